The molecule has 3 aromatic rings. The highest BCUT2D eigenvalue weighted by Crippen LogP contribution is 2.35. The van der Waals surface area contributed by atoms with Crippen LogP contribution in [0.4, 0.5) is 18.9 Å². The number of methoxy groups -OCH3 is 1. The minimum Gasteiger partial charge on any atom is -0.495 e. The van der Waals surface area contributed by atoms with Gasteiger partial charge in [-0.25, -0.2) is 4.68 Å². The maximum atomic E-state index is 13.7. The van der Waals surface area contributed by atoms with E-state index < -0.39 is 23.3 Å². The summed E-state index contributed by atoms with van der Waals surface area (Å²) >= 11 is 11.7. The minimum atomic E-state index is -4.83. The molecule has 0 saturated heterocycles. The number of amides is 1. The molecule has 1 N–H and O–H groups in total. The number of halogens is 5. The molecule has 0 radical (unpaired) electrons. The minimum absolute atomic E-state index is 0.108. The van der Waals surface area contributed by atoms with Crippen LogP contribution in [0.2, 0.25) is 10.0 Å². The van der Waals surface area contributed by atoms with E-state index in [-0.39, 0.29) is 22.1 Å². The van der Waals surface area contributed by atoms with Crippen LogP contribution in [0.15, 0.2) is 48.7 Å². The number of anilines is 1. The van der Waals surface area contributed by atoms with Crippen molar-refractivity contribution >= 4 is 34.8 Å². The molecule has 28 heavy (non-hydrogen) atoms. The summed E-state index contributed by atoms with van der Waals surface area (Å²) in [7, 11) is 1.36. The molecule has 1 heterocycles. The number of nitrogens with zero attached hydrogens (tertiary/aromatic N) is 2. The van der Waals surface area contributed by atoms with Crippen molar-refractivity contribution in [1.29, 1.82) is 0 Å². The van der Waals surface area contributed by atoms with E-state index in [4.69, 9.17) is 27.9 Å². The van der Waals surface area contributed by atoms with Gasteiger partial charge in [-0.15, -0.1) is 0 Å². The van der Waals surface area contributed by atoms with Crippen molar-refractivity contribution < 1.29 is 22.7 Å². The molecular weight excluding hydrogens is 418 g/mol. The van der Waals surface area contributed by atoms with Gasteiger partial charge in [-0.1, -0.05) is 23.2 Å². The van der Waals surface area contributed by atoms with E-state index in [1.165, 1.54) is 49.6 Å². The van der Waals surface area contributed by atoms with E-state index >= 15 is 0 Å². The Morgan fingerprint density at radius 3 is 2.36 bits per heavy atom. The lowest BCUT2D eigenvalue weighted by Crippen LogP contribution is -2.21. The predicted molar refractivity (Wildman–Crippen MR) is 99.5 cm³/mol. The van der Waals surface area contributed by atoms with Crippen LogP contribution in [0.5, 0.6) is 5.75 Å². The number of hydrogen-bond donors (Lipinski definition) is 1. The van der Waals surface area contributed by atoms with Crippen molar-refractivity contribution in [3.05, 3.63) is 70.0 Å². The first-order chi connectivity index (χ1) is 13.2. The smallest absolute Gasteiger partial charge is 0.434 e. The molecule has 0 atom stereocenters. The lowest BCUT2D eigenvalue weighted by atomic mass is 10.2. The summed E-state index contributed by atoms with van der Waals surface area (Å²) in [5, 5.41) is 6.76. The fourth-order valence-corrected chi connectivity index (χ4v) is 2.83. The van der Waals surface area contributed by atoms with Crippen LogP contribution in [0.25, 0.3) is 5.69 Å². The zero-order valence-corrected chi connectivity index (χ0v) is 15.7. The van der Waals surface area contributed by atoms with E-state index in [1.807, 2.05) is 0 Å². The van der Waals surface area contributed by atoms with Crippen molar-refractivity contribution in [2.75, 3.05) is 12.4 Å². The largest absolute Gasteiger partial charge is 0.495 e. The maximum Gasteiger partial charge on any atom is 0.434 e. The van der Waals surface area contributed by atoms with Gasteiger partial charge < -0.3 is 10.1 Å². The Labute approximate surface area is 167 Å². The van der Waals surface area contributed by atoms with Crippen molar-refractivity contribution in [2.24, 2.45) is 0 Å². The Morgan fingerprint density at radius 2 is 1.75 bits per heavy atom. The van der Waals surface area contributed by atoms with Crippen LogP contribution in [0.3, 0.4) is 0 Å². The van der Waals surface area contributed by atoms with Crippen LogP contribution in [0.1, 0.15) is 16.1 Å². The topological polar surface area (TPSA) is 56.1 Å². The van der Waals surface area contributed by atoms with E-state index in [0.717, 1.165) is 6.20 Å². The molecule has 1 amide bonds. The zero-order valence-electron chi connectivity index (χ0n) is 14.2. The van der Waals surface area contributed by atoms with Gasteiger partial charge in [0.15, 0.2) is 5.69 Å². The van der Waals surface area contributed by atoms with Gasteiger partial charge in [0, 0.05) is 10.0 Å². The molecule has 0 unspecified atom stereocenters. The highest BCUT2D eigenvalue weighted by atomic mass is 35.5. The summed E-state index contributed by atoms with van der Waals surface area (Å²) in [6.45, 7) is 0. The zero-order chi connectivity index (χ0) is 20.5. The number of rotatable bonds is 4. The van der Waals surface area contributed by atoms with Crippen molar-refractivity contribution in [2.45, 2.75) is 6.18 Å². The molecule has 5 nitrogen and oxygen atoms in total. The summed E-state index contributed by atoms with van der Waals surface area (Å²) in [6, 6.07) is 9.97. The highest BCUT2D eigenvalue weighted by molar-refractivity contribution is 6.31. The van der Waals surface area contributed by atoms with Gasteiger partial charge >= 0.3 is 6.18 Å². The number of aromatic nitrogens is 2. The van der Waals surface area contributed by atoms with Crippen molar-refractivity contribution in [3.8, 4) is 11.4 Å². The van der Waals surface area contributed by atoms with Crippen LogP contribution in [0, 0.1) is 0 Å². The standard InChI is InChI=1S/C18H12Cl2F3N3O2/c1-28-15-7-4-11(20)8-14(15)25-17(27)13-9-24-26(16(13)18(21,22)23)12-5-2-10(19)3-6-12/h2-9H,1H3,(H,25,27). The van der Waals surface area contributed by atoms with Crippen molar-refractivity contribution in [1.82, 2.24) is 9.78 Å². The fraction of sp³-hybridized carbons (Fsp3) is 0.111. The van der Waals surface area contributed by atoms with Crippen molar-refractivity contribution in [3.63, 3.8) is 0 Å². The number of carbonyl (C=O) groups excluding carboxylic acids is 1. The molecule has 0 aliphatic heterocycles. The van der Waals surface area contributed by atoms with Gasteiger partial charge in [-0.05, 0) is 42.5 Å². The van der Waals surface area contributed by atoms with E-state index in [2.05, 4.69) is 10.4 Å². The SMILES string of the molecule is COc1ccc(Cl)cc1NC(=O)c1cnn(-c2ccc(Cl)cc2)c1C(F)(F)F. The number of carbonyl (C=O) groups is 1. The normalized spacial score (nSPS) is 11.4. The van der Waals surface area contributed by atoms with Gasteiger partial charge in [-0.3, -0.25) is 4.79 Å². The second-order valence-electron chi connectivity index (χ2n) is 5.59. The number of hydrogen-bond acceptors (Lipinski definition) is 3. The van der Waals surface area contributed by atoms with Crippen LogP contribution in [-0.2, 0) is 6.18 Å². The van der Waals surface area contributed by atoms with Crippen LogP contribution in [-0.4, -0.2) is 22.8 Å². The number of alkyl halides is 3. The first-order valence-corrected chi connectivity index (χ1v) is 8.52. The molecule has 0 aliphatic carbocycles. The molecule has 1 aromatic heterocycles. The quantitative estimate of drug-likeness (QED) is 0.598. The lowest BCUT2D eigenvalue weighted by Gasteiger charge is -2.14. The second-order valence-corrected chi connectivity index (χ2v) is 6.46. The summed E-state index contributed by atoms with van der Waals surface area (Å²) < 4.78 is 46.8. The Bertz CT molecular complexity index is 1020. The molecule has 0 aliphatic rings. The van der Waals surface area contributed by atoms with Gasteiger partial charge in [0.05, 0.1) is 30.2 Å². The molecule has 0 saturated carbocycles. The summed E-state index contributed by atoms with van der Waals surface area (Å²) in [5.41, 5.74) is -1.62. The van der Waals surface area contributed by atoms with Gasteiger partial charge in [0.2, 0.25) is 0 Å². The molecule has 3 rings (SSSR count). The van der Waals surface area contributed by atoms with Gasteiger partial charge in [0.25, 0.3) is 5.91 Å². The third-order valence-electron chi connectivity index (χ3n) is 3.76. The summed E-state index contributed by atoms with van der Waals surface area (Å²) in [6.07, 6.45) is -3.98. The predicted octanol–water partition coefficient (Wildman–Crippen LogP) is 5.46. The third kappa shape index (κ3) is 4.07. The average Bonchev–Trinajstić information content (AvgIpc) is 3.08. The first kappa shape index (κ1) is 20.0. The Morgan fingerprint density at radius 1 is 1.11 bits per heavy atom. The molecule has 10 heteroatoms. The number of ether oxygens (including phenoxy) is 1. The Kier molecular flexibility index (Phi) is 5.53. The highest BCUT2D eigenvalue weighted by Gasteiger charge is 2.40. The monoisotopic (exact) mass is 429 g/mol. The number of nitrogens with one attached hydrogen (secondary N) is 1. The van der Waals surface area contributed by atoms with Gasteiger partial charge in [0.1, 0.15) is 5.75 Å². The number of benzene rings is 2. The van der Waals surface area contributed by atoms with Crippen LogP contribution >= 0.6 is 23.2 Å². The summed E-state index contributed by atoms with van der Waals surface area (Å²) in [4.78, 5) is 12.6. The maximum absolute atomic E-state index is 13.7. The van der Waals surface area contributed by atoms with E-state index in [9.17, 15) is 18.0 Å². The van der Waals surface area contributed by atoms with E-state index in [0.29, 0.717) is 9.70 Å². The molecule has 0 bridgehead atoms. The Balaban J connectivity index is 2.04. The lowest BCUT2D eigenvalue weighted by molar-refractivity contribution is -0.143. The second kappa shape index (κ2) is 7.73. The van der Waals surface area contributed by atoms with E-state index in [1.54, 1.807) is 0 Å². The molecular formula is C18H12Cl2F3N3O2. The molecule has 146 valence electrons. The first-order valence-electron chi connectivity index (χ1n) is 7.76. The average molecular weight is 430 g/mol. The molecule has 0 spiro atoms. The molecule has 2 aromatic carbocycles. The third-order valence-corrected chi connectivity index (χ3v) is 4.25. The Hall–Kier alpha value is -2.71. The van der Waals surface area contributed by atoms with Crippen LogP contribution < -0.4 is 10.1 Å². The van der Waals surface area contributed by atoms with Gasteiger partial charge in [-0.2, -0.15) is 18.3 Å². The molecule has 0 fully saturated rings. The summed E-state index contributed by atoms with van der Waals surface area (Å²) in [5.74, 6) is -0.760. The fourth-order valence-electron chi connectivity index (χ4n) is 2.53.